The summed E-state index contributed by atoms with van der Waals surface area (Å²) >= 11 is 5.04. The van der Waals surface area contributed by atoms with Crippen molar-refractivity contribution in [1.29, 1.82) is 0 Å². The first-order valence-electron chi connectivity index (χ1n) is 5.27. The largest absolute Gasteiger partial charge is 0.334 e. The second kappa shape index (κ2) is 4.58. The fourth-order valence-corrected chi connectivity index (χ4v) is 2.11. The predicted molar refractivity (Wildman–Crippen MR) is 68.1 cm³/mol. The van der Waals surface area contributed by atoms with E-state index in [1.165, 1.54) is 11.1 Å². The maximum Gasteiger partial charge on any atom is 0.197 e. The highest BCUT2D eigenvalue weighted by molar-refractivity contribution is 7.71. The Hall–Kier alpha value is -1.48. The number of nitrogens with one attached hydrogen (secondary N) is 1. The summed E-state index contributed by atoms with van der Waals surface area (Å²) in [6.45, 7) is 4.05. The summed E-state index contributed by atoms with van der Waals surface area (Å²) in [5.74, 6) is 0. The van der Waals surface area contributed by atoms with Crippen molar-refractivity contribution < 1.29 is 0 Å². The smallest absolute Gasteiger partial charge is 0.197 e. The Kier molecular flexibility index (Phi) is 3.15. The van der Waals surface area contributed by atoms with Crippen molar-refractivity contribution in [3.8, 4) is 0 Å². The van der Waals surface area contributed by atoms with Crippen molar-refractivity contribution in [2.45, 2.75) is 20.3 Å². The summed E-state index contributed by atoms with van der Waals surface area (Å²) in [6.07, 6.45) is 0.900. The molecule has 0 fully saturated rings. The first-order valence-corrected chi connectivity index (χ1v) is 5.68. The SMILES string of the molecule is Cc1nc(=S)[nH]c(C)c1Cc1ccccc1. The number of hydrogen-bond acceptors (Lipinski definition) is 2. The van der Waals surface area contributed by atoms with Gasteiger partial charge in [-0.2, -0.15) is 0 Å². The van der Waals surface area contributed by atoms with Crippen LogP contribution in [0.2, 0.25) is 0 Å². The highest BCUT2D eigenvalue weighted by Gasteiger charge is 2.05. The summed E-state index contributed by atoms with van der Waals surface area (Å²) < 4.78 is 0.562. The Morgan fingerprint density at radius 1 is 1.19 bits per heavy atom. The lowest BCUT2D eigenvalue weighted by molar-refractivity contribution is 0.957. The molecular weight excluding hydrogens is 216 g/mol. The molecule has 0 aliphatic heterocycles. The number of aromatic amines is 1. The number of rotatable bonds is 2. The zero-order chi connectivity index (χ0) is 11.5. The molecule has 82 valence electrons. The maximum atomic E-state index is 5.04. The van der Waals surface area contributed by atoms with Crippen LogP contribution in [0.1, 0.15) is 22.5 Å². The van der Waals surface area contributed by atoms with Crippen molar-refractivity contribution in [3.05, 3.63) is 57.6 Å². The van der Waals surface area contributed by atoms with E-state index < -0.39 is 0 Å². The van der Waals surface area contributed by atoms with E-state index in [0.717, 1.165) is 17.8 Å². The Labute approximate surface area is 100 Å². The number of H-pyrrole nitrogens is 1. The molecular formula is C13H14N2S. The van der Waals surface area contributed by atoms with Gasteiger partial charge in [0.05, 0.1) is 0 Å². The molecule has 0 saturated heterocycles. The second-order valence-electron chi connectivity index (χ2n) is 3.89. The van der Waals surface area contributed by atoms with Crippen molar-refractivity contribution in [2.24, 2.45) is 0 Å². The van der Waals surface area contributed by atoms with Crippen LogP contribution < -0.4 is 0 Å². The quantitative estimate of drug-likeness (QED) is 0.801. The fraction of sp³-hybridized carbons (Fsp3) is 0.231. The highest BCUT2D eigenvalue weighted by atomic mass is 32.1. The molecule has 1 aromatic carbocycles. The van der Waals surface area contributed by atoms with Gasteiger partial charge in [-0.15, -0.1) is 0 Å². The topological polar surface area (TPSA) is 28.7 Å². The molecule has 0 amide bonds. The van der Waals surface area contributed by atoms with Crippen LogP contribution in [0, 0.1) is 18.6 Å². The molecule has 0 radical (unpaired) electrons. The van der Waals surface area contributed by atoms with Crippen LogP contribution in [0.3, 0.4) is 0 Å². The lowest BCUT2D eigenvalue weighted by Crippen LogP contribution is -2.01. The van der Waals surface area contributed by atoms with E-state index in [1.54, 1.807) is 0 Å². The molecule has 16 heavy (non-hydrogen) atoms. The molecule has 0 atom stereocenters. The molecule has 1 heterocycles. The summed E-state index contributed by atoms with van der Waals surface area (Å²) in [6, 6.07) is 10.4. The molecule has 0 aliphatic carbocycles. The minimum atomic E-state index is 0.562. The third kappa shape index (κ3) is 2.36. The van der Waals surface area contributed by atoms with Crippen molar-refractivity contribution in [2.75, 3.05) is 0 Å². The average Bonchev–Trinajstić information content (AvgIpc) is 2.25. The van der Waals surface area contributed by atoms with Gasteiger partial charge in [-0.05, 0) is 37.2 Å². The standard InChI is InChI=1S/C13H14N2S/c1-9-12(10(2)15-13(16)14-9)8-11-6-4-3-5-7-11/h3-7H,8H2,1-2H3,(H,14,15,16). The normalized spacial score (nSPS) is 10.4. The van der Waals surface area contributed by atoms with Gasteiger partial charge in [0.2, 0.25) is 0 Å². The minimum absolute atomic E-state index is 0.562. The molecule has 2 nitrogen and oxygen atoms in total. The van der Waals surface area contributed by atoms with Gasteiger partial charge in [-0.3, -0.25) is 0 Å². The molecule has 0 saturated carbocycles. The Morgan fingerprint density at radius 3 is 2.50 bits per heavy atom. The lowest BCUT2D eigenvalue weighted by atomic mass is 10.0. The third-order valence-corrected chi connectivity index (χ3v) is 2.87. The number of aryl methyl sites for hydroxylation is 2. The van der Waals surface area contributed by atoms with Gasteiger partial charge in [-0.1, -0.05) is 30.3 Å². The molecule has 0 aliphatic rings. The maximum absolute atomic E-state index is 5.04. The first-order chi connectivity index (χ1) is 7.66. The predicted octanol–water partition coefficient (Wildman–Crippen LogP) is 3.35. The zero-order valence-electron chi connectivity index (χ0n) is 9.45. The van der Waals surface area contributed by atoms with E-state index in [9.17, 15) is 0 Å². The van der Waals surface area contributed by atoms with Crippen molar-refractivity contribution >= 4 is 12.2 Å². The van der Waals surface area contributed by atoms with E-state index in [4.69, 9.17) is 12.2 Å². The molecule has 0 spiro atoms. The summed E-state index contributed by atoms with van der Waals surface area (Å²) in [5.41, 5.74) is 4.66. The van der Waals surface area contributed by atoms with E-state index in [1.807, 2.05) is 19.9 Å². The Morgan fingerprint density at radius 2 is 1.88 bits per heavy atom. The number of nitrogens with zero attached hydrogens (tertiary/aromatic N) is 1. The third-order valence-electron chi connectivity index (χ3n) is 2.68. The molecule has 2 rings (SSSR count). The van der Waals surface area contributed by atoms with Crippen molar-refractivity contribution in [1.82, 2.24) is 9.97 Å². The van der Waals surface area contributed by atoms with Crippen LogP contribution >= 0.6 is 12.2 Å². The van der Waals surface area contributed by atoms with Gasteiger partial charge in [0, 0.05) is 17.8 Å². The number of hydrogen-bond donors (Lipinski definition) is 1. The van der Waals surface area contributed by atoms with Crippen molar-refractivity contribution in [3.63, 3.8) is 0 Å². The van der Waals surface area contributed by atoms with Crippen LogP contribution in [-0.2, 0) is 6.42 Å². The summed E-state index contributed by atoms with van der Waals surface area (Å²) in [5, 5.41) is 0. The summed E-state index contributed by atoms with van der Waals surface area (Å²) in [4.78, 5) is 7.39. The second-order valence-corrected chi connectivity index (χ2v) is 4.28. The van der Waals surface area contributed by atoms with E-state index in [2.05, 4.69) is 34.2 Å². The Balaban J connectivity index is 2.39. The molecule has 1 N–H and O–H groups in total. The van der Waals surface area contributed by atoms with Gasteiger partial charge < -0.3 is 4.98 Å². The van der Waals surface area contributed by atoms with E-state index >= 15 is 0 Å². The zero-order valence-corrected chi connectivity index (χ0v) is 10.3. The highest BCUT2D eigenvalue weighted by Crippen LogP contribution is 2.14. The first kappa shape index (κ1) is 11.0. The minimum Gasteiger partial charge on any atom is -0.334 e. The molecule has 0 bridgehead atoms. The van der Waals surface area contributed by atoms with Gasteiger partial charge in [-0.25, -0.2) is 4.98 Å². The molecule has 0 unspecified atom stereocenters. The van der Waals surface area contributed by atoms with Crippen LogP contribution in [0.5, 0.6) is 0 Å². The molecule has 1 aromatic heterocycles. The van der Waals surface area contributed by atoms with Crippen LogP contribution in [0.15, 0.2) is 30.3 Å². The van der Waals surface area contributed by atoms with Gasteiger partial charge in [0.25, 0.3) is 0 Å². The number of benzene rings is 1. The van der Waals surface area contributed by atoms with Gasteiger partial charge in [0.15, 0.2) is 4.77 Å². The van der Waals surface area contributed by atoms with Crippen LogP contribution in [0.25, 0.3) is 0 Å². The monoisotopic (exact) mass is 230 g/mol. The fourth-order valence-electron chi connectivity index (χ4n) is 1.82. The Bertz CT molecular complexity index is 517. The van der Waals surface area contributed by atoms with E-state index in [-0.39, 0.29) is 0 Å². The lowest BCUT2D eigenvalue weighted by Gasteiger charge is -2.08. The van der Waals surface area contributed by atoms with E-state index in [0.29, 0.717) is 4.77 Å². The average molecular weight is 230 g/mol. The summed E-state index contributed by atoms with van der Waals surface area (Å²) in [7, 11) is 0. The number of aromatic nitrogens is 2. The van der Waals surface area contributed by atoms with Crippen LogP contribution in [0.4, 0.5) is 0 Å². The molecule has 2 aromatic rings. The van der Waals surface area contributed by atoms with Crippen LogP contribution in [-0.4, -0.2) is 9.97 Å². The molecule has 3 heteroatoms. The van der Waals surface area contributed by atoms with Gasteiger partial charge >= 0.3 is 0 Å². The van der Waals surface area contributed by atoms with Gasteiger partial charge in [0.1, 0.15) is 0 Å².